The Balaban J connectivity index is 1.07. The van der Waals surface area contributed by atoms with E-state index in [1.54, 1.807) is 6.20 Å². The lowest BCUT2D eigenvalue weighted by Gasteiger charge is -2.35. The molecule has 0 radical (unpaired) electrons. The zero-order chi connectivity index (χ0) is 26.9. The van der Waals surface area contributed by atoms with Gasteiger partial charge in [0, 0.05) is 67.7 Å². The van der Waals surface area contributed by atoms with E-state index in [0.29, 0.717) is 31.9 Å². The molecule has 1 unspecified atom stereocenters. The Morgan fingerprint density at radius 3 is 2.83 bits per heavy atom. The summed E-state index contributed by atoms with van der Waals surface area (Å²) in [7, 11) is 0. The van der Waals surface area contributed by atoms with Gasteiger partial charge in [-0.2, -0.15) is 0 Å². The molecule has 40 heavy (non-hydrogen) atoms. The monoisotopic (exact) mass is 531 g/mol. The van der Waals surface area contributed by atoms with Crippen LogP contribution in [0.15, 0.2) is 103 Å². The fourth-order valence-corrected chi connectivity index (χ4v) is 5.50. The van der Waals surface area contributed by atoms with Crippen molar-refractivity contribution in [3.05, 3.63) is 130 Å². The van der Waals surface area contributed by atoms with Gasteiger partial charge in [-0.1, -0.05) is 18.2 Å². The van der Waals surface area contributed by atoms with Crippen LogP contribution < -0.4 is 20.5 Å². The van der Waals surface area contributed by atoms with Crippen LogP contribution in [0.4, 0.5) is 11.4 Å². The second kappa shape index (κ2) is 10.4. The topological polar surface area (TPSA) is 84.4 Å². The second-order valence-electron chi connectivity index (χ2n) is 10.1. The number of morpholine rings is 1. The van der Waals surface area contributed by atoms with E-state index in [9.17, 15) is 4.79 Å². The average Bonchev–Trinajstić information content (AvgIpc) is 3.55. The lowest BCUT2D eigenvalue weighted by atomic mass is 9.95. The highest BCUT2D eigenvalue weighted by Gasteiger charge is 2.29. The molecule has 3 aromatic heterocycles. The highest BCUT2D eigenvalue weighted by Crippen LogP contribution is 2.43. The highest BCUT2D eigenvalue weighted by molar-refractivity contribution is 5.59. The molecule has 1 fully saturated rings. The van der Waals surface area contributed by atoms with E-state index >= 15 is 0 Å². The Bertz CT molecular complexity index is 1710. The molecule has 2 aliphatic heterocycles. The SMILES string of the molecule is O=c1[nH]cccc1N1CCOC(c2cccc3c2Oc2ccc(NCc4cncc(-n5cccc5)c4)cc2C3)C1. The molecule has 2 aromatic carbocycles. The lowest BCUT2D eigenvalue weighted by molar-refractivity contribution is 0.0383. The largest absolute Gasteiger partial charge is 0.456 e. The van der Waals surface area contributed by atoms with Gasteiger partial charge in [-0.15, -0.1) is 0 Å². The molecule has 1 saturated heterocycles. The van der Waals surface area contributed by atoms with E-state index in [2.05, 4.69) is 61.1 Å². The number of para-hydroxylation sites is 1. The molecule has 0 amide bonds. The number of pyridine rings is 2. The third-order valence-electron chi connectivity index (χ3n) is 7.51. The van der Waals surface area contributed by atoms with Crippen LogP contribution in [0.1, 0.15) is 28.4 Å². The number of fused-ring (bicyclic) bond motifs is 2. The minimum atomic E-state index is -0.193. The Kier molecular flexibility index (Phi) is 6.30. The summed E-state index contributed by atoms with van der Waals surface area (Å²) < 4.78 is 14.7. The van der Waals surface area contributed by atoms with E-state index in [0.717, 1.165) is 51.5 Å². The van der Waals surface area contributed by atoms with Crippen LogP contribution in [0.5, 0.6) is 11.5 Å². The van der Waals surface area contributed by atoms with Crippen molar-refractivity contribution in [2.75, 3.05) is 29.9 Å². The van der Waals surface area contributed by atoms with E-state index in [4.69, 9.17) is 9.47 Å². The maximum Gasteiger partial charge on any atom is 0.271 e. The van der Waals surface area contributed by atoms with Gasteiger partial charge < -0.3 is 29.2 Å². The van der Waals surface area contributed by atoms with Crippen molar-refractivity contribution in [3.63, 3.8) is 0 Å². The first-order valence-electron chi connectivity index (χ1n) is 13.5. The number of aromatic amines is 1. The molecule has 0 bridgehead atoms. The number of hydrogen-bond acceptors (Lipinski definition) is 6. The van der Waals surface area contributed by atoms with Crippen molar-refractivity contribution < 1.29 is 9.47 Å². The van der Waals surface area contributed by atoms with Gasteiger partial charge in [0.2, 0.25) is 0 Å². The molecule has 0 spiro atoms. The number of aromatic nitrogens is 3. The Labute approximate surface area is 231 Å². The summed E-state index contributed by atoms with van der Waals surface area (Å²) in [4.78, 5) is 21.6. The molecular weight excluding hydrogens is 502 g/mol. The Morgan fingerprint density at radius 2 is 1.93 bits per heavy atom. The molecule has 2 aliphatic rings. The molecule has 8 heteroatoms. The smallest absolute Gasteiger partial charge is 0.271 e. The maximum atomic E-state index is 12.4. The molecule has 1 atom stereocenters. The molecule has 0 aliphatic carbocycles. The predicted molar refractivity (Wildman–Crippen MR) is 155 cm³/mol. The molecule has 5 heterocycles. The standard InChI is InChI=1S/C32H29N5O3/c38-32-28(7-4-10-34-32)37-13-14-39-30(21-37)27-6-3-5-23-16-24-17-25(8-9-29(24)40-31(23)27)35-19-22-15-26(20-33-18-22)36-11-1-2-12-36/h1-12,15,17-18,20,30,35H,13-14,16,19,21H2,(H,34,38). The maximum absolute atomic E-state index is 12.4. The van der Waals surface area contributed by atoms with Crippen LogP contribution in [0.25, 0.3) is 5.69 Å². The summed E-state index contributed by atoms with van der Waals surface area (Å²) in [6, 6.07) is 22.4. The fraction of sp³-hybridized carbons (Fsp3) is 0.188. The predicted octanol–water partition coefficient (Wildman–Crippen LogP) is 5.45. The quantitative estimate of drug-likeness (QED) is 0.298. The van der Waals surface area contributed by atoms with Gasteiger partial charge in [0.1, 0.15) is 23.3 Å². The van der Waals surface area contributed by atoms with Gasteiger partial charge >= 0.3 is 0 Å². The van der Waals surface area contributed by atoms with Gasteiger partial charge in [0.15, 0.2) is 0 Å². The number of nitrogens with one attached hydrogen (secondary N) is 2. The minimum absolute atomic E-state index is 0.0855. The molecular formula is C32H29N5O3. The van der Waals surface area contributed by atoms with E-state index in [1.807, 2.05) is 55.1 Å². The number of benzene rings is 2. The Hall–Kier alpha value is -4.82. The third-order valence-corrected chi connectivity index (χ3v) is 7.51. The van der Waals surface area contributed by atoms with Gasteiger partial charge in [0.05, 0.1) is 18.5 Å². The lowest BCUT2D eigenvalue weighted by Crippen LogP contribution is -2.41. The second-order valence-corrected chi connectivity index (χ2v) is 10.1. The van der Waals surface area contributed by atoms with Crippen LogP contribution in [0, 0.1) is 0 Å². The normalized spacial score (nSPS) is 16.1. The zero-order valence-corrected chi connectivity index (χ0v) is 21.9. The fourth-order valence-electron chi connectivity index (χ4n) is 5.50. The van der Waals surface area contributed by atoms with Crippen molar-refractivity contribution in [1.82, 2.24) is 14.5 Å². The van der Waals surface area contributed by atoms with Crippen LogP contribution in [-0.2, 0) is 17.7 Å². The Morgan fingerprint density at radius 1 is 1.00 bits per heavy atom. The molecule has 5 aromatic rings. The van der Waals surface area contributed by atoms with Crippen LogP contribution in [0.2, 0.25) is 0 Å². The first-order valence-corrected chi connectivity index (χ1v) is 13.5. The number of rotatable bonds is 6. The van der Waals surface area contributed by atoms with Crippen LogP contribution in [-0.4, -0.2) is 34.2 Å². The third kappa shape index (κ3) is 4.74. The molecule has 0 saturated carbocycles. The van der Waals surface area contributed by atoms with E-state index < -0.39 is 0 Å². The summed E-state index contributed by atoms with van der Waals surface area (Å²) in [6.45, 7) is 2.47. The van der Waals surface area contributed by atoms with Crippen molar-refractivity contribution >= 4 is 11.4 Å². The minimum Gasteiger partial charge on any atom is -0.456 e. The zero-order valence-electron chi connectivity index (χ0n) is 21.9. The summed E-state index contributed by atoms with van der Waals surface area (Å²) in [5.74, 6) is 1.71. The summed E-state index contributed by atoms with van der Waals surface area (Å²) in [5.41, 5.74) is 7.03. The van der Waals surface area contributed by atoms with Gasteiger partial charge in [-0.05, 0) is 59.7 Å². The number of nitrogens with zero attached hydrogens (tertiary/aromatic N) is 3. The number of anilines is 2. The molecule has 200 valence electrons. The van der Waals surface area contributed by atoms with Crippen LogP contribution >= 0.6 is 0 Å². The summed E-state index contributed by atoms with van der Waals surface area (Å²) >= 11 is 0. The number of H-pyrrole nitrogens is 1. The molecule has 8 nitrogen and oxygen atoms in total. The average molecular weight is 532 g/mol. The van der Waals surface area contributed by atoms with E-state index in [-0.39, 0.29) is 11.7 Å². The molecule has 7 rings (SSSR count). The van der Waals surface area contributed by atoms with E-state index in [1.165, 1.54) is 0 Å². The van der Waals surface area contributed by atoms with Gasteiger partial charge in [-0.25, -0.2) is 0 Å². The summed E-state index contributed by atoms with van der Waals surface area (Å²) in [6.07, 6.45) is 10.0. The van der Waals surface area contributed by atoms with Crippen LogP contribution in [0.3, 0.4) is 0 Å². The van der Waals surface area contributed by atoms with Crippen molar-refractivity contribution in [3.8, 4) is 17.2 Å². The van der Waals surface area contributed by atoms with Crippen molar-refractivity contribution in [2.24, 2.45) is 0 Å². The van der Waals surface area contributed by atoms with Crippen molar-refractivity contribution in [1.29, 1.82) is 0 Å². The number of hydrogen-bond donors (Lipinski definition) is 2. The number of ether oxygens (including phenoxy) is 2. The van der Waals surface area contributed by atoms with Crippen molar-refractivity contribution in [2.45, 2.75) is 19.1 Å². The first kappa shape index (κ1) is 24.2. The highest BCUT2D eigenvalue weighted by atomic mass is 16.5. The van der Waals surface area contributed by atoms with Gasteiger partial charge in [0.25, 0.3) is 5.56 Å². The summed E-state index contributed by atoms with van der Waals surface area (Å²) in [5, 5.41) is 3.54. The first-order chi connectivity index (χ1) is 19.7. The molecule has 2 N–H and O–H groups in total. The van der Waals surface area contributed by atoms with Gasteiger partial charge in [-0.3, -0.25) is 9.78 Å².